The molecule has 12 heavy (non-hydrogen) atoms. The van der Waals surface area contributed by atoms with Gasteiger partial charge in [0.2, 0.25) is 0 Å². The van der Waals surface area contributed by atoms with Crippen molar-refractivity contribution in [3.05, 3.63) is 0 Å². The average Bonchev–Trinajstić information content (AvgIpc) is 1.95. The number of rotatable bonds is 6. The van der Waals surface area contributed by atoms with Crippen LogP contribution in [0.5, 0.6) is 0 Å². The molecule has 4 heteroatoms. The molecule has 0 aliphatic heterocycles. The molecule has 0 saturated heterocycles. The predicted molar refractivity (Wildman–Crippen MR) is 51.5 cm³/mol. The quantitative estimate of drug-likeness (QED) is 0.513. The van der Waals surface area contributed by atoms with Crippen LogP contribution in [0, 0.1) is 0 Å². The third-order valence-corrected chi connectivity index (χ3v) is 2.18. The zero-order valence-electron chi connectivity index (χ0n) is 8.46. The molecule has 0 saturated carbocycles. The molecule has 0 amide bonds. The van der Waals surface area contributed by atoms with E-state index in [0.29, 0.717) is 6.61 Å². The highest BCUT2D eigenvalue weighted by molar-refractivity contribution is 6.69. The number of hydrogen-bond donors (Lipinski definition) is 1. The molecule has 0 aromatic heterocycles. The zero-order valence-corrected chi connectivity index (χ0v) is 9.46. The van der Waals surface area contributed by atoms with Crippen molar-refractivity contribution in [1.82, 2.24) is 0 Å². The van der Waals surface area contributed by atoms with Gasteiger partial charge in [-0.05, 0) is 26.1 Å². The first-order chi connectivity index (χ1) is 5.49. The summed E-state index contributed by atoms with van der Waals surface area (Å²) in [5.41, 5.74) is 0. The summed E-state index contributed by atoms with van der Waals surface area (Å²) in [5.74, 6) is 0. The van der Waals surface area contributed by atoms with Crippen molar-refractivity contribution in [2.75, 3.05) is 13.2 Å². The molecule has 74 valence electrons. The molecule has 1 atom stereocenters. The van der Waals surface area contributed by atoms with E-state index < -0.39 is 8.32 Å². The maximum absolute atomic E-state index is 8.54. The van der Waals surface area contributed by atoms with Crippen molar-refractivity contribution in [3.8, 4) is 0 Å². The monoisotopic (exact) mass is 192 g/mol. The third kappa shape index (κ3) is 6.79. The highest BCUT2D eigenvalue weighted by Gasteiger charge is 2.19. The van der Waals surface area contributed by atoms with Gasteiger partial charge in [-0.3, -0.25) is 0 Å². The smallest absolute Gasteiger partial charge is 0.187 e. The molecular weight excluding hydrogens is 172 g/mol. The fourth-order valence-corrected chi connectivity index (χ4v) is 1.84. The second-order valence-electron chi connectivity index (χ2n) is 3.66. The van der Waals surface area contributed by atoms with E-state index >= 15 is 0 Å². The molecule has 0 bridgehead atoms. The van der Waals surface area contributed by atoms with Crippen molar-refractivity contribution in [2.24, 2.45) is 0 Å². The Morgan fingerprint density at radius 3 is 2.25 bits per heavy atom. The van der Waals surface area contributed by atoms with Crippen LogP contribution < -0.4 is 0 Å². The molecule has 0 radical (unpaired) electrons. The first-order valence-electron chi connectivity index (χ1n) is 4.40. The summed E-state index contributed by atoms with van der Waals surface area (Å²) >= 11 is 0. The van der Waals surface area contributed by atoms with Crippen molar-refractivity contribution >= 4 is 8.32 Å². The van der Waals surface area contributed by atoms with Gasteiger partial charge in [-0.1, -0.05) is 6.92 Å². The maximum atomic E-state index is 8.54. The standard InChI is InChI=1S/C8H20O3Si/c1-5-8(10-7-6-9)11-12(2,3)4/h8-9H,5-7H2,1-4H3. The minimum absolute atomic E-state index is 0.0611. The van der Waals surface area contributed by atoms with Crippen LogP contribution in [-0.2, 0) is 9.16 Å². The Morgan fingerprint density at radius 2 is 1.92 bits per heavy atom. The van der Waals surface area contributed by atoms with Gasteiger partial charge in [-0.15, -0.1) is 0 Å². The number of hydrogen-bond acceptors (Lipinski definition) is 3. The molecular formula is C8H20O3Si. The van der Waals surface area contributed by atoms with Crippen LogP contribution in [-0.4, -0.2) is 32.9 Å². The van der Waals surface area contributed by atoms with Gasteiger partial charge >= 0.3 is 0 Å². The predicted octanol–water partition coefficient (Wildman–Crippen LogP) is 1.58. The summed E-state index contributed by atoms with van der Waals surface area (Å²) in [7, 11) is -1.50. The van der Waals surface area contributed by atoms with Crippen LogP contribution in [0.25, 0.3) is 0 Å². The molecule has 1 N–H and O–H groups in total. The Morgan fingerprint density at radius 1 is 1.33 bits per heavy atom. The van der Waals surface area contributed by atoms with Crippen LogP contribution in [0.4, 0.5) is 0 Å². The summed E-state index contributed by atoms with van der Waals surface area (Å²) in [6.07, 6.45) is 0.702. The minimum Gasteiger partial charge on any atom is -0.394 e. The van der Waals surface area contributed by atoms with Crippen LogP contribution in [0.15, 0.2) is 0 Å². The van der Waals surface area contributed by atoms with E-state index in [-0.39, 0.29) is 12.9 Å². The van der Waals surface area contributed by atoms with Crippen molar-refractivity contribution in [3.63, 3.8) is 0 Å². The SMILES string of the molecule is CCC(OCCO)O[Si](C)(C)C. The van der Waals surface area contributed by atoms with E-state index in [0.717, 1.165) is 6.42 Å². The van der Waals surface area contributed by atoms with Crippen LogP contribution in [0.2, 0.25) is 19.6 Å². The van der Waals surface area contributed by atoms with E-state index in [1.807, 2.05) is 6.92 Å². The van der Waals surface area contributed by atoms with Gasteiger partial charge in [0.1, 0.15) is 6.29 Å². The zero-order chi connectivity index (χ0) is 9.61. The van der Waals surface area contributed by atoms with Crippen LogP contribution in [0.3, 0.4) is 0 Å². The molecule has 0 aromatic rings. The second-order valence-corrected chi connectivity index (χ2v) is 8.12. The lowest BCUT2D eigenvalue weighted by molar-refractivity contribution is -0.0951. The van der Waals surface area contributed by atoms with E-state index in [1.165, 1.54) is 0 Å². The minimum atomic E-state index is -1.50. The Bertz CT molecular complexity index is 111. The third-order valence-electron chi connectivity index (χ3n) is 1.21. The fraction of sp³-hybridized carbons (Fsp3) is 1.00. The molecule has 0 spiro atoms. The molecule has 0 rings (SSSR count). The fourth-order valence-electron chi connectivity index (χ4n) is 0.814. The molecule has 0 heterocycles. The van der Waals surface area contributed by atoms with Gasteiger partial charge in [0.15, 0.2) is 8.32 Å². The molecule has 1 unspecified atom stereocenters. The van der Waals surface area contributed by atoms with Gasteiger partial charge in [0, 0.05) is 0 Å². The normalized spacial score (nSPS) is 14.8. The van der Waals surface area contributed by atoms with Crippen molar-refractivity contribution in [2.45, 2.75) is 39.3 Å². The van der Waals surface area contributed by atoms with E-state index in [4.69, 9.17) is 14.3 Å². The Hall–Kier alpha value is 0.0969. The topological polar surface area (TPSA) is 38.7 Å². The van der Waals surface area contributed by atoms with Gasteiger partial charge in [0.05, 0.1) is 13.2 Å². The summed E-state index contributed by atoms with van der Waals surface area (Å²) < 4.78 is 11.0. The maximum Gasteiger partial charge on any atom is 0.187 e. The summed E-state index contributed by atoms with van der Waals surface area (Å²) in [5, 5.41) is 8.54. The van der Waals surface area contributed by atoms with Gasteiger partial charge in [-0.25, -0.2) is 0 Å². The largest absolute Gasteiger partial charge is 0.394 e. The van der Waals surface area contributed by atoms with E-state index in [2.05, 4.69) is 19.6 Å². The molecule has 0 aromatic carbocycles. The molecule has 3 nitrogen and oxygen atoms in total. The molecule has 0 aliphatic rings. The lowest BCUT2D eigenvalue weighted by atomic mass is 10.5. The Labute approximate surface area is 75.8 Å². The van der Waals surface area contributed by atoms with Gasteiger partial charge < -0.3 is 14.3 Å². The highest BCUT2D eigenvalue weighted by Crippen LogP contribution is 2.10. The number of aliphatic hydroxyl groups is 1. The summed E-state index contributed by atoms with van der Waals surface area (Å²) in [6, 6.07) is 0. The van der Waals surface area contributed by atoms with Gasteiger partial charge in [-0.2, -0.15) is 0 Å². The van der Waals surface area contributed by atoms with Crippen LogP contribution in [0.1, 0.15) is 13.3 Å². The highest BCUT2D eigenvalue weighted by atomic mass is 28.4. The van der Waals surface area contributed by atoms with Crippen molar-refractivity contribution in [1.29, 1.82) is 0 Å². The number of ether oxygens (including phenoxy) is 1. The summed E-state index contributed by atoms with van der Waals surface area (Å²) in [6.45, 7) is 8.81. The van der Waals surface area contributed by atoms with Gasteiger partial charge in [0.25, 0.3) is 0 Å². The first kappa shape index (κ1) is 12.1. The lowest BCUT2D eigenvalue weighted by Gasteiger charge is -2.25. The summed E-state index contributed by atoms with van der Waals surface area (Å²) in [4.78, 5) is 0. The number of aliphatic hydroxyl groups excluding tert-OH is 1. The van der Waals surface area contributed by atoms with E-state index in [9.17, 15) is 0 Å². The average molecular weight is 192 g/mol. The Kier molecular flexibility index (Phi) is 5.74. The van der Waals surface area contributed by atoms with Crippen molar-refractivity contribution < 1.29 is 14.3 Å². The first-order valence-corrected chi connectivity index (χ1v) is 7.80. The molecule has 0 fully saturated rings. The Balaban J connectivity index is 3.67. The van der Waals surface area contributed by atoms with E-state index in [1.54, 1.807) is 0 Å². The van der Waals surface area contributed by atoms with Crippen LogP contribution >= 0.6 is 0 Å². The molecule has 0 aliphatic carbocycles. The second kappa shape index (κ2) is 5.69. The lowest BCUT2D eigenvalue weighted by Crippen LogP contribution is -2.33.